The van der Waals surface area contributed by atoms with Crippen LogP contribution in [0, 0.1) is 17.3 Å². The van der Waals surface area contributed by atoms with E-state index in [0.717, 1.165) is 0 Å². The Labute approximate surface area is 99.8 Å². The van der Waals surface area contributed by atoms with Gasteiger partial charge in [0.05, 0.1) is 11.8 Å². The van der Waals surface area contributed by atoms with Crippen LogP contribution >= 0.6 is 0 Å². The van der Waals surface area contributed by atoms with Crippen molar-refractivity contribution in [3.8, 4) is 0 Å². The predicted molar refractivity (Wildman–Crippen MR) is 60.1 cm³/mol. The first-order valence-corrected chi connectivity index (χ1v) is 5.53. The molecule has 2 unspecified atom stereocenters. The van der Waals surface area contributed by atoms with Crippen molar-refractivity contribution in [2.24, 2.45) is 17.3 Å². The molecule has 3 N–H and O–H groups in total. The first-order chi connectivity index (χ1) is 7.78. The van der Waals surface area contributed by atoms with E-state index in [4.69, 9.17) is 5.11 Å². The smallest absolute Gasteiger partial charge is 0.307 e. The van der Waals surface area contributed by atoms with Crippen LogP contribution in [0.1, 0.15) is 20.8 Å². The first kappa shape index (κ1) is 13.5. The zero-order chi connectivity index (χ0) is 13.2. The van der Waals surface area contributed by atoms with Gasteiger partial charge in [0.15, 0.2) is 0 Å². The molecule has 0 aromatic rings. The Balaban J connectivity index is 2.35. The van der Waals surface area contributed by atoms with E-state index in [1.807, 2.05) is 0 Å². The number of amides is 2. The Bertz CT molecular complexity index is 351. The van der Waals surface area contributed by atoms with Crippen LogP contribution < -0.4 is 10.6 Å². The van der Waals surface area contributed by atoms with Crippen molar-refractivity contribution >= 4 is 17.8 Å². The lowest BCUT2D eigenvalue weighted by atomic mass is 10.1. The summed E-state index contributed by atoms with van der Waals surface area (Å²) in [4.78, 5) is 33.1. The zero-order valence-electron chi connectivity index (χ0n) is 10.2. The lowest BCUT2D eigenvalue weighted by molar-refractivity contribution is -0.140. The lowest BCUT2D eigenvalue weighted by Crippen LogP contribution is -2.35. The molecule has 0 bridgehead atoms. The Morgan fingerprint density at radius 3 is 2.06 bits per heavy atom. The summed E-state index contributed by atoms with van der Waals surface area (Å²) in [6.45, 7) is 5.60. The summed E-state index contributed by atoms with van der Waals surface area (Å²) in [5.74, 6) is -2.43. The summed E-state index contributed by atoms with van der Waals surface area (Å²) in [7, 11) is 0. The van der Waals surface area contributed by atoms with E-state index >= 15 is 0 Å². The molecule has 6 nitrogen and oxygen atoms in total. The van der Waals surface area contributed by atoms with E-state index in [-0.39, 0.29) is 11.8 Å². The van der Waals surface area contributed by atoms with Crippen LogP contribution in [0.3, 0.4) is 0 Å². The highest BCUT2D eigenvalue weighted by molar-refractivity contribution is 5.91. The maximum atomic E-state index is 11.7. The van der Waals surface area contributed by atoms with E-state index < -0.39 is 23.2 Å². The van der Waals surface area contributed by atoms with Gasteiger partial charge >= 0.3 is 5.97 Å². The molecule has 6 heteroatoms. The normalized spacial score (nSPS) is 24.9. The zero-order valence-corrected chi connectivity index (χ0v) is 10.2. The summed E-state index contributed by atoms with van der Waals surface area (Å²) < 4.78 is 0. The molecule has 0 aromatic heterocycles. The average molecular weight is 242 g/mol. The molecule has 2 amide bonds. The fourth-order valence-electron chi connectivity index (χ4n) is 2.12. The second-order valence-electron chi connectivity index (χ2n) is 4.89. The summed E-state index contributed by atoms with van der Waals surface area (Å²) in [6.07, 6.45) is 0. The van der Waals surface area contributed by atoms with E-state index in [0.29, 0.717) is 13.1 Å². The van der Waals surface area contributed by atoms with Crippen molar-refractivity contribution in [2.45, 2.75) is 20.8 Å². The minimum atomic E-state index is -0.933. The molecule has 1 saturated carbocycles. The monoisotopic (exact) mass is 242 g/mol. The van der Waals surface area contributed by atoms with Crippen LogP contribution in [0.15, 0.2) is 0 Å². The maximum absolute atomic E-state index is 11.7. The maximum Gasteiger partial charge on any atom is 0.307 e. The highest BCUT2D eigenvalue weighted by atomic mass is 16.4. The lowest BCUT2D eigenvalue weighted by Gasteiger charge is -2.06. The molecule has 1 aliphatic carbocycles. The Hall–Kier alpha value is -1.59. The van der Waals surface area contributed by atoms with Gasteiger partial charge < -0.3 is 15.7 Å². The third-order valence-corrected chi connectivity index (χ3v) is 3.17. The standard InChI is InChI=1S/C11H18N2O4/c1-6(14)12-4-5-13-9(15)7-8(10(16)17)11(7,2)3/h7-8H,4-5H2,1-3H3,(H,12,14)(H,13,15)(H,16,17). The van der Waals surface area contributed by atoms with E-state index in [9.17, 15) is 14.4 Å². The molecule has 0 heterocycles. The minimum Gasteiger partial charge on any atom is -0.481 e. The Morgan fingerprint density at radius 2 is 1.65 bits per heavy atom. The Kier molecular flexibility index (Phi) is 3.75. The number of carbonyl (C=O) groups is 3. The summed E-state index contributed by atoms with van der Waals surface area (Å²) in [5.41, 5.74) is -0.482. The number of nitrogens with one attached hydrogen (secondary N) is 2. The van der Waals surface area contributed by atoms with Crippen LogP contribution in [-0.4, -0.2) is 36.0 Å². The van der Waals surface area contributed by atoms with Gasteiger partial charge in [-0.3, -0.25) is 14.4 Å². The van der Waals surface area contributed by atoms with Crippen molar-refractivity contribution in [3.63, 3.8) is 0 Å². The highest BCUT2D eigenvalue weighted by Gasteiger charge is 2.65. The molecule has 1 fully saturated rings. The molecular weight excluding hydrogens is 224 g/mol. The summed E-state index contributed by atoms with van der Waals surface area (Å²) >= 11 is 0. The Morgan fingerprint density at radius 1 is 1.12 bits per heavy atom. The van der Waals surface area contributed by atoms with Gasteiger partial charge in [-0.15, -0.1) is 0 Å². The van der Waals surface area contributed by atoms with E-state index in [1.165, 1.54) is 6.92 Å². The van der Waals surface area contributed by atoms with Crippen molar-refractivity contribution in [1.82, 2.24) is 10.6 Å². The molecule has 17 heavy (non-hydrogen) atoms. The van der Waals surface area contributed by atoms with E-state index in [1.54, 1.807) is 13.8 Å². The van der Waals surface area contributed by atoms with Crippen LogP contribution in [0.2, 0.25) is 0 Å². The topological polar surface area (TPSA) is 95.5 Å². The molecule has 0 aliphatic heterocycles. The molecule has 1 aliphatic rings. The number of carboxylic acid groups (broad SMARTS) is 1. The summed E-state index contributed by atoms with van der Waals surface area (Å²) in [6, 6.07) is 0. The van der Waals surface area contributed by atoms with Gasteiger partial charge in [0.2, 0.25) is 11.8 Å². The molecular formula is C11H18N2O4. The van der Waals surface area contributed by atoms with Gasteiger partial charge in [0.1, 0.15) is 0 Å². The molecule has 0 radical (unpaired) electrons. The van der Waals surface area contributed by atoms with Crippen LogP contribution in [0.4, 0.5) is 0 Å². The van der Waals surface area contributed by atoms with Crippen LogP contribution in [0.25, 0.3) is 0 Å². The van der Waals surface area contributed by atoms with Crippen molar-refractivity contribution in [1.29, 1.82) is 0 Å². The van der Waals surface area contributed by atoms with Gasteiger partial charge in [-0.25, -0.2) is 0 Å². The highest BCUT2D eigenvalue weighted by Crippen LogP contribution is 2.58. The predicted octanol–water partition coefficient (Wildman–Crippen LogP) is -0.404. The average Bonchev–Trinajstić information content (AvgIpc) is 2.76. The third-order valence-electron chi connectivity index (χ3n) is 3.17. The molecule has 96 valence electrons. The van der Waals surface area contributed by atoms with Crippen molar-refractivity contribution < 1.29 is 19.5 Å². The second kappa shape index (κ2) is 4.73. The molecule has 0 spiro atoms. The second-order valence-corrected chi connectivity index (χ2v) is 4.89. The number of hydrogen-bond acceptors (Lipinski definition) is 3. The van der Waals surface area contributed by atoms with Gasteiger partial charge in [0, 0.05) is 20.0 Å². The van der Waals surface area contributed by atoms with Gasteiger partial charge in [0.25, 0.3) is 0 Å². The first-order valence-electron chi connectivity index (χ1n) is 5.53. The fraction of sp³-hybridized carbons (Fsp3) is 0.727. The SMILES string of the molecule is CC(=O)NCCNC(=O)C1C(C(=O)O)C1(C)C. The fourth-order valence-corrected chi connectivity index (χ4v) is 2.12. The number of carbonyl (C=O) groups excluding carboxylic acids is 2. The number of hydrogen-bond donors (Lipinski definition) is 3. The summed E-state index contributed by atoms with van der Waals surface area (Å²) in [5, 5.41) is 14.1. The molecule has 0 aromatic carbocycles. The van der Waals surface area contributed by atoms with Gasteiger partial charge in [-0.1, -0.05) is 13.8 Å². The third kappa shape index (κ3) is 2.95. The number of rotatable bonds is 5. The quantitative estimate of drug-likeness (QED) is 0.571. The largest absolute Gasteiger partial charge is 0.481 e. The van der Waals surface area contributed by atoms with Crippen molar-refractivity contribution in [2.75, 3.05) is 13.1 Å². The van der Waals surface area contributed by atoms with E-state index in [2.05, 4.69) is 10.6 Å². The van der Waals surface area contributed by atoms with Crippen LogP contribution in [-0.2, 0) is 14.4 Å². The molecule has 1 rings (SSSR count). The van der Waals surface area contributed by atoms with Gasteiger partial charge in [-0.05, 0) is 5.41 Å². The number of carboxylic acids is 1. The minimum absolute atomic E-state index is 0.158. The van der Waals surface area contributed by atoms with Crippen molar-refractivity contribution in [3.05, 3.63) is 0 Å². The van der Waals surface area contributed by atoms with Crippen LogP contribution in [0.5, 0.6) is 0 Å². The molecule has 2 atom stereocenters. The number of aliphatic carboxylic acids is 1. The van der Waals surface area contributed by atoms with Gasteiger partial charge in [-0.2, -0.15) is 0 Å². The molecule has 0 saturated heterocycles.